The highest BCUT2D eigenvalue weighted by atomic mass is 16.4. The van der Waals surface area contributed by atoms with E-state index in [4.69, 9.17) is 10.8 Å². The van der Waals surface area contributed by atoms with Crippen molar-refractivity contribution >= 4 is 17.7 Å². The second kappa shape index (κ2) is 4.21. The van der Waals surface area contributed by atoms with Gasteiger partial charge in [-0.3, -0.25) is 14.8 Å². The molecule has 0 fully saturated rings. The van der Waals surface area contributed by atoms with Crippen LogP contribution in [0.1, 0.15) is 20.3 Å². The van der Waals surface area contributed by atoms with Crippen LogP contribution >= 0.6 is 0 Å². The van der Waals surface area contributed by atoms with Gasteiger partial charge in [0.2, 0.25) is 0 Å². The number of primary amides is 1. The van der Waals surface area contributed by atoms with Crippen molar-refractivity contribution in [2.75, 3.05) is 4.90 Å². The van der Waals surface area contributed by atoms with Crippen molar-refractivity contribution in [2.45, 2.75) is 25.8 Å². The molecule has 0 aliphatic carbocycles. The molecule has 0 saturated heterocycles. The first-order valence-corrected chi connectivity index (χ1v) is 4.65. The van der Waals surface area contributed by atoms with Crippen molar-refractivity contribution in [3.05, 3.63) is 12.4 Å². The highest BCUT2D eigenvalue weighted by Crippen LogP contribution is 2.25. The van der Waals surface area contributed by atoms with Crippen molar-refractivity contribution in [2.24, 2.45) is 5.73 Å². The van der Waals surface area contributed by atoms with E-state index in [2.05, 4.69) is 10.2 Å². The van der Waals surface area contributed by atoms with Crippen LogP contribution in [0.15, 0.2) is 12.4 Å². The second-order valence-electron chi connectivity index (χ2n) is 4.01. The predicted octanol–water partition coefficient (Wildman–Crippen LogP) is 0.548. The van der Waals surface area contributed by atoms with Gasteiger partial charge in [0.25, 0.3) is 0 Å². The minimum atomic E-state index is -1.00. The lowest BCUT2D eigenvalue weighted by Crippen LogP contribution is -2.51. The third-order valence-electron chi connectivity index (χ3n) is 2.15. The van der Waals surface area contributed by atoms with E-state index in [1.807, 2.05) is 0 Å². The number of carboxylic acid groups (broad SMARTS) is 1. The molecule has 4 N–H and O–H groups in total. The third kappa shape index (κ3) is 2.50. The zero-order valence-corrected chi connectivity index (χ0v) is 9.10. The van der Waals surface area contributed by atoms with Gasteiger partial charge in [-0.05, 0) is 13.8 Å². The molecule has 0 unspecified atom stereocenters. The summed E-state index contributed by atoms with van der Waals surface area (Å²) in [6.07, 6.45) is 2.68. The molecule has 16 heavy (non-hydrogen) atoms. The van der Waals surface area contributed by atoms with E-state index in [0.29, 0.717) is 5.69 Å². The predicted molar refractivity (Wildman–Crippen MR) is 57.0 cm³/mol. The Balaban J connectivity index is 3.03. The van der Waals surface area contributed by atoms with Gasteiger partial charge in [0.1, 0.15) is 0 Å². The summed E-state index contributed by atoms with van der Waals surface area (Å²) in [5, 5.41) is 15.0. The number of nitrogens with one attached hydrogen (secondary N) is 1. The Hall–Kier alpha value is -2.05. The molecule has 1 heterocycles. The number of anilines is 1. The average molecular weight is 226 g/mol. The monoisotopic (exact) mass is 226 g/mol. The number of amides is 2. The lowest BCUT2D eigenvalue weighted by atomic mass is 9.98. The van der Waals surface area contributed by atoms with Crippen LogP contribution in [0.4, 0.5) is 10.5 Å². The van der Waals surface area contributed by atoms with E-state index in [0.717, 1.165) is 0 Å². The molecule has 0 radical (unpaired) electrons. The molecule has 0 saturated carbocycles. The number of aliphatic carboxylic acids is 1. The van der Waals surface area contributed by atoms with Crippen LogP contribution in [-0.4, -0.2) is 32.8 Å². The van der Waals surface area contributed by atoms with E-state index < -0.39 is 17.5 Å². The van der Waals surface area contributed by atoms with Gasteiger partial charge < -0.3 is 10.8 Å². The SMILES string of the molecule is CC(C)(CC(=O)O)N(C(N)=O)c1cn[nH]c1. The van der Waals surface area contributed by atoms with Crippen molar-refractivity contribution < 1.29 is 14.7 Å². The highest BCUT2D eigenvalue weighted by Gasteiger charge is 2.33. The van der Waals surface area contributed by atoms with Gasteiger partial charge in [0.05, 0.1) is 23.8 Å². The van der Waals surface area contributed by atoms with Crippen molar-refractivity contribution in [3.8, 4) is 0 Å². The number of hydrogen-bond donors (Lipinski definition) is 3. The largest absolute Gasteiger partial charge is 0.481 e. The van der Waals surface area contributed by atoms with Gasteiger partial charge in [-0.15, -0.1) is 0 Å². The molecule has 7 nitrogen and oxygen atoms in total. The number of rotatable bonds is 4. The van der Waals surface area contributed by atoms with E-state index in [1.165, 1.54) is 17.3 Å². The number of carbonyl (C=O) groups is 2. The van der Waals surface area contributed by atoms with E-state index in [-0.39, 0.29) is 6.42 Å². The van der Waals surface area contributed by atoms with Crippen LogP contribution in [0.5, 0.6) is 0 Å². The number of aromatic nitrogens is 2. The standard InChI is InChI=1S/C9H14N4O3/c1-9(2,3-7(14)15)13(8(10)16)6-4-11-12-5-6/h4-5H,3H2,1-2H3,(H2,10,16)(H,11,12)(H,14,15). The lowest BCUT2D eigenvalue weighted by molar-refractivity contribution is -0.138. The maximum atomic E-state index is 11.3. The highest BCUT2D eigenvalue weighted by molar-refractivity contribution is 5.92. The molecule has 1 aromatic rings. The normalized spacial score (nSPS) is 11.1. The van der Waals surface area contributed by atoms with Crippen LogP contribution in [0, 0.1) is 0 Å². The minimum absolute atomic E-state index is 0.207. The number of aromatic amines is 1. The molecule has 1 rings (SSSR count). The summed E-state index contributed by atoms with van der Waals surface area (Å²) >= 11 is 0. The topological polar surface area (TPSA) is 112 Å². The van der Waals surface area contributed by atoms with Gasteiger partial charge in [0, 0.05) is 6.20 Å². The summed E-state index contributed by atoms with van der Waals surface area (Å²) in [5.74, 6) is -1.00. The summed E-state index contributed by atoms with van der Waals surface area (Å²) in [7, 11) is 0. The molecule has 0 aliphatic rings. The zero-order chi connectivity index (χ0) is 12.3. The summed E-state index contributed by atoms with van der Waals surface area (Å²) in [4.78, 5) is 23.2. The molecule has 0 atom stereocenters. The molecule has 88 valence electrons. The van der Waals surface area contributed by atoms with Gasteiger partial charge >= 0.3 is 12.0 Å². The molecular weight excluding hydrogens is 212 g/mol. The first-order valence-electron chi connectivity index (χ1n) is 4.65. The van der Waals surface area contributed by atoms with Gasteiger partial charge in [-0.1, -0.05) is 0 Å². The fourth-order valence-electron chi connectivity index (χ4n) is 1.59. The van der Waals surface area contributed by atoms with Crippen LogP contribution in [-0.2, 0) is 4.79 Å². The number of hydrogen-bond acceptors (Lipinski definition) is 3. The molecular formula is C9H14N4O3. The Labute approximate surface area is 92.2 Å². The maximum absolute atomic E-state index is 11.3. The third-order valence-corrected chi connectivity index (χ3v) is 2.15. The number of nitrogens with two attached hydrogens (primary N) is 1. The van der Waals surface area contributed by atoms with Crippen LogP contribution in [0.25, 0.3) is 0 Å². The number of carboxylic acids is 1. The Kier molecular flexibility index (Phi) is 3.17. The molecule has 0 spiro atoms. The first-order chi connectivity index (χ1) is 7.34. The molecule has 7 heteroatoms. The minimum Gasteiger partial charge on any atom is -0.481 e. The Bertz CT molecular complexity index is 385. The zero-order valence-electron chi connectivity index (χ0n) is 9.10. The summed E-state index contributed by atoms with van der Waals surface area (Å²) in [6.45, 7) is 3.25. The van der Waals surface area contributed by atoms with E-state index in [9.17, 15) is 9.59 Å². The Morgan fingerprint density at radius 3 is 2.62 bits per heavy atom. The summed E-state index contributed by atoms with van der Waals surface area (Å²) in [6, 6.07) is -0.715. The van der Waals surface area contributed by atoms with Crippen molar-refractivity contribution in [1.29, 1.82) is 0 Å². The number of urea groups is 1. The van der Waals surface area contributed by atoms with E-state index >= 15 is 0 Å². The molecule has 1 aromatic heterocycles. The number of carbonyl (C=O) groups excluding carboxylic acids is 1. The second-order valence-corrected chi connectivity index (χ2v) is 4.01. The van der Waals surface area contributed by atoms with Crippen molar-refractivity contribution in [1.82, 2.24) is 10.2 Å². The van der Waals surface area contributed by atoms with Gasteiger partial charge in [0.15, 0.2) is 0 Å². The Morgan fingerprint density at radius 2 is 2.25 bits per heavy atom. The van der Waals surface area contributed by atoms with Gasteiger partial charge in [-0.2, -0.15) is 5.10 Å². The average Bonchev–Trinajstić information content (AvgIpc) is 2.52. The van der Waals surface area contributed by atoms with Gasteiger partial charge in [-0.25, -0.2) is 4.79 Å². The number of nitrogens with zero attached hydrogens (tertiary/aromatic N) is 2. The van der Waals surface area contributed by atoms with E-state index in [1.54, 1.807) is 13.8 Å². The van der Waals surface area contributed by atoms with Crippen LogP contribution in [0.3, 0.4) is 0 Å². The number of H-pyrrole nitrogens is 1. The molecule has 2 amide bonds. The lowest BCUT2D eigenvalue weighted by Gasteiger charge is -2.35. The summed E-state index contributed by atoms with van der Waals surface area (Å²) < 4.78 is 0. The van der Waals surface area contributed by atoms with Crippen LogP contribution in [0.2, 0.25) is 0 Å². The first kappa shape index (κ1) is 12.0. The summed E-state index contributed by atoms with van der Waals surface area (Å²) in [5.41, 5.74) is 4.77. The fourth-order valence-corrected chi connectivity index (χ4v) is 1.59. The maximum Gasteiger partial charge on any atom is 0.319 e. The smallest absolute Gasteiger partial charge is 0.319 e. The molecule has 0 aromatic carbocycles. The molecule has 0 bridgehead atoms. The fraction of sp³-hybridized carbons (Fsp3) is 0.444. The van der Waals surface area contributed by atoms with Crippen molar-refractivity contribution in [3.63, 3.8) is 0 Å². The molecule has 0 aliphatic heterocycles. The Morgan fingerprint density at radius 1 is 1.62 bits per heavy atom. The van der Waals surface area contributed by atoms with Crippen LogP contribution < -0.4 is 10.6 Å². The quantitative estimate of drug-likeness (QED) is 0.695.